The Balaban J connectivity index is 1.39. The van der Waals surface area contributed by atoms with Crippen LogP contribution in [0.3, 0.4) is 0 Å². The normalized spacial score (nSPS) is 17.9. The van der Waals surface area contributed by atoms with Crippen molar-refractivity contribution in [1.29, 1.82) is 0 Å². The summed E-state index contributed by atoms with van der Waals surface area (Å²) >= 11 is 0. The first kappa shape index (κ1) is 19.5. The van der Waals surface area contributed by atoms with E-state index in [0.717, 1.165) is 29.9 Å². The van der Waals surface area contributed by atoms with Crippen molar-refractivity contribution in [2.24, 2.45) is 0 Å². The molecule has 9 heteroatoms. The molecular formula is C24H20FN7O. The van der Waals surface area contributed by atoms with Crippen LogP contribution in [0.15, 0.2) is 65.8 Å². The van der Waals surface area contributed by atoms with Gasteiger partial charge in [0.2, 0.25) is 0 Å². The predicted octanol–water partition coefficient (Wildman–Crippen LogP) is 3.93. The van der Waals surface area contributed by atoms with Gasteiger partial charge in [0, 0.05) is 18.2 Å². The van der Waals surface area contributed by atoms with Gasteiger partial charge in [-0.15, -0.1) is 10.2 Å². The fourth-order valence-electron chi connectivity index (χ4n) is 4.68. The van der Waals surface area contributed by atoms with Gasteiger partial charge >= 0.3 is 5.69 Å². The van der Waals surface area contributed by atoms with Gasteiger partial charge in [-0.2, -0.15) is 0 Å². The maximum atomic E-state index is 13.6. The predicted molar refractivity (Wildman–Crippen MR) is 121 cm³/mol. The minimum absolute atomic E-state index is 0.00577. The molecule has 0 radical (unpaired) electrons. The van der Waals surface area contributed by atoms with E-state index in [2.05, 4.69) is 42.7 Å². The molecule has 0 aliphatic heterocycles. The highest BCUT2D eigenvalue weighted by Gasteiger charge is 2.37. The number of para-hydroxylation sites is 1. The number of halogens is 1. The SMILES string of the molecule is Cc1ccccc1-n1c(-c2ccncn2)nnc1C1CC(n2c(=O)[nH]c3cc(F)ccc32)C1. The molecule has 33 heavy (non-hydrogen) atoms. The molecule has 1 saturated carbocycles. The second-order valence-corrected chi connectivity index (χ2v) is 8.38. The molecule has 2 aromatic carbocycles. The van der Waals surface area contributed by atoms with Crippen LogP contribution in [0, 0.1) is 12.7 Å². The number of fused-ring (bicyclic) bond motifs is 1. The third-order valence-corrected chi connectivity index (χ3v) is 6.38. The number of imidazole rings is 1. The molecule has 0 bridgehead atoms. The van der Waals surface area contributed by atoms with Crippen molar-refractivity contribution in [1.82, 2.24) is 34.3 Å². The summed E-state index contributed by atoms with van der Waals surface area (Å²) in [5.74, 6) is 1.25. The minimum Gasteiger partial charge on any atom is -0.305 e. The van der Waals surface area contributed by atoms with Crippen molar-refractivity contribution < 1.29 is 4.39 Å². The zero-order valence-electron chi connectivity index (χ0n) is 17.8. The lowest BCUT2D eigenvalue weighted by atomic mass is 9.79. The zero-order chi connectivity index (χ0) is 22.5. The fraction of sp³-hybridized carbons (Fsp3) is 0.208. The monoisotopic (exact) mass is 441 g/mol. The lowest BCUT2D eigenvalue weighted by Crippen LogP contribution is -2.32. The molecular weight excluding hydrogens is 421 g/mol. The molecule has 0 spiro atoms. The number of aryl methyl sites for hydroxylation is 1. The highest BCUT2D eigenvalue weighted by atomic mass is 19.1. The van der Waals surface area contributed by atoms with E-state index in [1.807, 2.05) is 24.3 Å². The van der Waals surface area contributed by atoms with E-state index in [1.54, 1.807) is 16.8 Å². The maximum Gasteiger partial charge on any atom is 0.326 e. The van der Waals surface area contributed by atoms with Crippen LogP contribution in [0.2, 0.25) is 0 Å². The average Bonchev–Trinajstić information content (AvgIpc) is 3.35. The number of aromatic nitrogens is 7. The minimum atomic E-state index is -0.369. The van der Waals surface area contributed by atoms with Gasteiger partial charge in [-0.05, 0) is 55.7 Å². The smallest absolute Gasteiger partial charge is 0.305 e. The quantitative estimate of drug-likeness (QED) is 0.456. The summed E-state index contributed by atoms with van der Waals surface area (Å²) in [4.78, 5) is 23.7. The van der Waals surface area contributed by atoms with Gasteiger partial charge in [-0.3, -0.25) is 9.13 Å². The first-order chi connectivity index (χ1) is 16.1. The zero-order valence-corrected chi connectivity index (χ0v) is 17.8. The Hall–Kier alpha value is -4.14. The molecule has 1 N–H and O–H groups in total. The van der Waals surface area contributed by atoms with E-state index in [-0.39, 0.29) is 23.5 Å². The van der Waals surface area contributed by atoms with E-state index in [4.69, 9.17) is 0 Å². The second kappa shape index (κ2) is 7.47. The number of hydrogen-bond acceptors (Lipinski definition) is 5. The standard InChI is InChI=1S/C24H20FN7O/c1-14-4-2-3-5-20(14)32-22(29-30-23(32)18-8-9-26-13-27-18)15-10-17(11-15)31-21-7-6-16(25)12-19(21)28-24(31)33/h2-9,12-13,15,17H,10-11H2,1H3,(H,28,33). The van der Waals surface area contributed by atoms with Gasteiger partial charge in [0.15, 0.2) is 5.82 Å². The van der Waals surface area contributed by atoms with Crippen molar-refractivity contribution in [3.8, 4) is 17.2 Å². The number of aromatic amines is 1. The number of nitrogens with one attached hydrogen (secondary N) is 1. The maximum absolute atomic E-state index is 13.6. The number of rotatable bonds is 4. The summed E-state index contributed by atoms with van der Waals surface area (Å²) < 4.78 is 17.4. The summed E-state index contributed by atoms with van der Waals surface area (Å²) in [6, 6.07) is 14.3. The molecule has 6 rings (SSSR count). The first-order valence-electron chi connectivity index (χ1n) is 10.8. The lowest BCUT2D eigenvalue weighted by Gasteiger charge is -2.35. The molecule has 3 aromatic heterocycles. The number of H-pyrrole nitrogens is 1. The number of nitrogens with zero attached hydrogens (tertiary/aromatic N) is 6. The molecule has 0 amide bonds. The fourth-order valence-corrected chi connectivity index (χ4v) is 4.68. The Labute approximate surface area is 187 Å². The molecule has 0 saturated heterocycles. The van der Waals surface area contributed by atoms with Crippen LogP contribution < -0.4 is 5.69 Å². The Kier molecular flexibility index (Phi) is 4.42. The van der Waals surface area contributed by atoms with Crippen molar-refractivity contribution in [3.05, 3.63) is 88.7 Å². The molecule has 1 aliphatic rings. The van der Waals surface area contributed by atoms with E-state index >= 15 is 0 Å². The largest absolute Gasteiger partial charge is 0.326 e. The summed E-state index contributed by atoms with van der Waals surface area (Å²) in [6.45, 7) is 2.05. The van der Waals surface area contributed by atoms with E-state index in [1.165, 1.54) is 18.5 Å². The van der Waals surface area contributed by atoms with Crippen molar-refractivity contribution in [2.75, 3.05) is 0 Å². The van der Waals surface area contributed by atoms with Crippen LogP contribution in [0.5, 0.6) is 0 Å². The van der Waals surface area contributed by atoms with Gasteiger partial charge in [-0.25, -0.2) is 19.2 Å². The van der Waals surface area contributed by atoms with E-state index in [0.29, 0.717) is 22.6 Å². The van der Waals surface area contributed by atoms with Crippen molar-refractivity contribution in [3.63, 3.8) is 0 Å². The van der Waals surface area contributed by atoms with Crippen molar-refractivity contribution in [2.45, 2.75) is 31.7 Å². The van der Waals surface area contributed by atoms with Gasteiger partial charge in [0.25, 0.3) is 0 Å². The highest BCUT2D eigenvalue weighted by molar-refractivity contribution is 5.75. The Morgan fingerprint density at radius 2 is 1.94 bits per heavy atom. The molecule has 5 aromatic rings. The lowest BCUT2D eigenvalue weighted by molar-refractivity contribution is 0.254. The molecule has 0 unspecified atom stereocenters. The Bertz CT molecular complexity index is 1530. The van der Waals surface area contributed by atoms with E-state index in [9.17, 15) is 9.18 Å². The Morgan fingerprint density at radius 1 is 1.09 bits per heavy atom. The molecule has 1 aliphatic carbocycles. The third kappa shape index (κ3) is 3.15. The van der Waals surface area contributed by atoms with Gasteiger partial charge in [0.05, 0.1) is 16.7 Å². The molecule has 0 atom stereocenters. The topological polar surface area (TPSA) is 94.3 Å². The van der Waals surface area contributed by atoms with Crippen molar-refractivity contribution >= 4 is 11.0 Å². The molecule has 164 valence electrons. The number of hydrogen-bond donors (Lipinski definition) is 1. The van der Waals surface area contributed by atoms with Crippen LogP contribution in [-0.4, -0.2) is 34.3 Å². The third-order valence-electron chi connectivity index (χ3n) is 6.38. The Morgan fingerprint density at radius 3 is 2.73 bits per heavy atom. The molecule has 1 fully saturated rings. The van der Waals surface area contributed by atoms with Gasteiger partial charge < -0.3 is 4.98 Å². The van der Waals surface area contributed by atoms with Gasteiger partial charge in [0.1, 0.15) is 23.7 Å². The molecule has 8 nitrogen and oxygen atoms in total. The summed E-state index contributed by atoms with van der Waals surface area (Å²) in [5.41, 5.74) is 3.79. The number of benzene rings is 2. The van der Waals surface area contributed by atoms with Crippen LogP contribution in [0.1, 0.15) is 36.2 Å². The highest BCUT2D eigenvalue weighted by Crippen LogP contribution is 2.45. The summed E-state index contributed by atoms with van der Waals surface area (Å²) in [6.07, 6.45) is 4.65. The first-order valence-corrected chi connectivity index (χ1v) is 10.8. The van der Waals surface area contributed by atoms with E-state index < -0.39 is 0 Å². The van der Waals surface area contributed by atoms with Crippen LogP contribution in [0.4, 0.5) is 4.39 Å². The molecule has 3 heterocycles. The van der Waals surface area contributed by atoms with Crippen LogP contribution >= 0.6 is 0 Å². The average molecular weight is 441 g/mol. The summed E-state index contributed by atoms with van der Waals surface area (Å²) in [7, 11) is 0. The summed E-state index contributed by atoms with van der Waals surface area (Å²) in [5, 5.41) is 9.03. The van der Waals surface area contributed by atoms with Crippen LogP contribution in [0.25, 0.3) is 28.2 Å². The van der Waals surface area contributed by atoms with Crippen LogP contribution in [-0.2, 0) is 0 Å². The second-order valence-electron chi connectivity index (χ2n) is 8.38. The van der Waals surface area contributed by atoms with Gasteiger partial charge in [-0.1, -0.05) is 18.2 Å².